The zero-order valence-corrected chi connectivity index (χ0v) is 20.8. The number of sulfonamides is 1. The van der Waals surface area contributed by atoms with E-state index in [9.17, 15) is 21.6 Å². The first-order valence-electron chi connectivity index (χ1n) is 10.2. The Bertz CT molecular complexity index is 1280. The van der Waals surface area contributed by atoms with E-state index in [0.29, 0.717) is 11.1 Å². The van der Waals surface area contributed by atoms with E-state index < -0.39 is 25.8 Å². The molecular formula is C21H25ClN4O5S2. The van der Waals surface area contributed by atoms with Gasteiger partial charge in [-0.1, -0.05) is 36.6 Å². The van der Waals surface area contributed by atoms with Crippen molar-refractivity contribution in [3.8, 4) is 0 Å². The molecule has 0 aliphatic heterocycles. The summed E-state index contributed by atoms with van der Waals surface area (Å²) in [5.41, 5.74) is 0.798. The average Bonchev–Trinajstić information content (AvgIpc) is 3.24. The summed E-state index contributed by atoms with van der Waals surface area (Å²) < 4.78 is 49.1. The maximum absolute atomic E-state index is 13.1. The van der Waals surface area contributed by atoms with Crippen molar-refractivity contribution < 1.29 is 21.6 Å². The van der Waals surface area contributed by atoms with Crippen LogP contribution in [0.1, 0.15) is 31.2 Å². The molecule has 1 fully saturated rings. The lowest BCUT2D eigenvalue weighted by Gasteiger charge is -2.13. The highest BCUT2D eigenvalue weighted by Gasteiger charge is 2.22. The molecule has 1 saturated carbocycles. The van der Waals surface area contributed by atoms with Gasteiger partial charge in [0.05, 0.1) is 22.3 Å². The molecule has 1 N–H and O–H groups in total. The predicted molar refractivity (Wildman–Crippen MR) is 126 cm³/mol. The minimum absolute atomic E-state index is 0.0166. The Kier molecular flexibility index (Phi) is 7.57. The summed E-state index contributed by atoms with van der Waals surface area (Å²) in [5, 5.41) is 2.42. The normalized spacial score (nSPS) is 15.7. The van der Waals surface area contributed by atoms with Crippen molar-refractivity contribution in [3.05, 3.63) is 47.3 Å². The van der Waals surface area contributed by atoms with Crippen LogP contribution < -0.4 is 5.32 Å². The van der Waals surface area contributed by atoms with E-state index in [1.165, 1.54) is 32.4 Å². The molecule has 178 valence electrons. The molecule has 0 radical (unpaired) electrons. The summed E-state index contributed by atoms with van der Waals surface area (Å²) in [6.45, 7) is 0. The number of carbonyl (C=O) groups excluding carboxylic acids is 1. The zero-order chi connectivity index (χ0) is 24.4. The molecule has 1 aromatic heterocycles. The summed E-state index contributed by atoms with van der Waals surface area (Å²) in [4.78, 5) is 21.0. The van der Waals surface area contributed by atoms with Crippen LogP contribution in [0.15, 0.2) is 46.6 Å². The third kappa shape index (κ3) is 5.97. The molecule has 1 heterocycles. The predicted octanol–water partition coefficient (Wildman–Crippen LogP) is 3.00. The molecule has 33 heavy (non-hydrogen) atoms. The number of rotatable bonds is 7. The molecule has 2 aromatic rings. The van der Waals surface area contributed by atoms with Crippen LogP contribution >= 0.6 is 11.6 Å². The molecule has 0 unspecified atom stereocenters. The van der Waals surface area contributed by atoms with Crippen LogP contribution in [0.3, 0.4) is 0 Å². The van der Waals surface area contributed by atoms with Gasteiger partial charge in [-0.3, -0.25) is 4.79 Å². The number of sulfone groups is 1. The number of nitrogens with zero attached hydrogens (tertiary/aromatic N) is 3. The van der Waals surface area contributed by atoms with Crippen molar-refractivity contribution in [2.75, 3.05) is 25.7 Å². The van der Waals surface area contributed by atoms with Gasteiger partial charge in [0.15, 0.2) is 20.7 Å². The van der Waals surface area contributed by atoms with Crippen molar-refractivity contribution in [1.82, 2.24) is 14.3 Å². The first kappa shape index (κ1) is 25.3. The van der Waals surface area contributed by atoms with Crippen LogP contribution in [0.25, 0.3) is 5.57 Å². The molecule has 0 atom stereocenters. The fourth-order valence-corrected chi connectivity index (χ4v) is 5.59. The summed E-state index contributed by atoms with van der Waals surface area (Å²) in [6, 6.07) is 4.38. The first-order chi connectivity index (χ1) is 15.4. The Morgan fingerprint density at radius 2 is 1.79 bits per heavy atom. The van der Waals surface area contributed by atoms with Crippen LogP contribution in [0.5, 0.6) is 0 Å². The van der Waals surface area contributed by atoms with Gasteiger partial charge in [0.1, 0.15) is 0 Å². The minimum atomic E-state index is -3.75. The molecule has 1 aliphatic carbocycles. The molecule has 0 saturated heterocycles. The lowest BCUT2D eigenvalue weighted by molar-refractivity contribution is -0.111. The van der Waals surface area contributed by atoms with E-state index in [1.54, 1.807) is 6.07 Å². The van der Waals surface area contributed by atoms with Crippen LogP contribution in [-0.4, -0.2) is 57.4 Å². The van der Waals surface area contributed by atoms with Crippen LogP contribution in [0, 0.1) is 5.92 Å². The van der Waals surface area contributed by atoms with Crippen molar-refractivity contribution in [2.24, 2.45) is 5.92 Å². The Balaban J connectivity index is 1.92. The fourth-order valence-electron chi connectivity index (χ4n) is 3.52. The number of anilines is 1. The molecule has 1 aliphatic rings. The Labute approximate surface area is 198 Å². The number of nitrogens with one attached hydrogen (secondary N) is 1. The largest absolute Gasteiger partial charge is 0.305 e. The quantitative estimate of drug-likeness (QED) is 0.565. The van der Waals surface area contributed by atoms with E-state index in [2.05, 4.69) is 15.3 Å². The smallest absolute Gasteiger partial charge is 0.261 e. The third-order valence-electron chi connectivity index (χ3n) is 5.30. The Hall–Kier alpha value is -2.34. The second-order valence-electron chi connectivity index (χ2n) is 8.02. The number of hydrogen-bond donors (Lipinski definition) is 1. The summed E-state index contributed by atoms with van der Waals surface area (Å²) in [6.07, 6.45) is 9.20. The van der Waals surface area contributed by atoms with Crippen molar-refractivity contribution in [2.45, 2.75) is 35.6 Å². The summed E-state index contributed by atoms with van der Waals surface area (Å²) >= 11 is 6.20. The zero-order valence-electron chi connectivity index (χ0n) is 18.4. The molecular weight excluding hydrogens is 488 g/mol. The van der Waals surface area contributed by atoms with Gasteiger partial charge in [-0.2, -0.15) is 0 Å². The topological polar surface area (TPSA) is 126 Å². The minimum Gasteiger partial charge on any atom is -0.305 e. The monoisotopic (exact) mass is 512 g/mol. The van der Waals surface area contributed by atoms with Crippen molar-refractivity contribution in [3.63, 3.8) is 0 Å². The van der Waals surface area contributed by atoms with Crippen molar-refractivity contribution >= 4 is 48.8 Å². The van der Waals surface area contributed by atoms with E-state index in [0.717, 1.165) is 42.4 Å². The second kappa shape index (κ2) is 9.88. The molecule has 0 bridgehead atoms. The van der Waals surface area contributed by atoms with Gasteiger partial charge in [0.2, 0.25) is 0 Å². The van der Waals surface area contributed by atoms with E-state index in [4.69, 9.17) is 11.6 Å². The van der Waals surface area contributed by atoms with Crippen molar-refractivity contribution in [1.29, 1.82) is 0 Å². The van der Waals surface area contributed by atoms with Crippen LogP contribution in [0.2, 0.25) is 5.02 Å². The first-order valence-corrected chi connectivity index (χ1v) is 13.9. The van der Waals surface area contributed by atoms with Gasteiger partial charge in [0.25, 0.3) is 15.9 Å². The van der Waals surface area contributed by atoms with Gasteiger partial charge >= 0.3 is 0 Å². The fraction of sp³-hybridized carbons (Fsp3) is 0.381. The Morgan fingerprint density at radius 3 is 2.30 bits per heavy atom. The second-order valence-corrected chi connectivity index (χ2v) is 12.5. The van der Waals surface area contributed by atoms with E-state index in [-0.39, 0.29) is 26.7 Å². The summed E-state index contributed by atoms with van der Waals surface area (Å²) in [5.74, 6) is -0.200. The third-order valence-corrected chi connectivity index (χ3v) is 8.58. The van der Waals surface area contributed by atoms with E-state index in [1.807, 2.05) is 6.08 Å². The summed E-state index contributed by atoms with van der Waals surface area (Å²) in [7, 11) is -4.49. The highest BCUT2D eigenvalue weighted by molar-refractivity contribution is 7.90. The number of benzene rings is 1. The standard InChI is InChI=1S/C21H25ClN4O5S2/c1-26(2)33(30,31)20-13-23-19(12-24-20)25-21(27)16(10-14-6-4-5-7-14)15-8-9-18(17(22)11-15)32(3,28)29/h8-14H,4-7H2,1-3H3,(H,23,25,27)/b16-10+. The highest BCUT2D eigenvalue weighted by atomic mass is 35.5. The lowest BCUT2D eigenvalue weighted by Crippen LogP contribution is -2.23. The Morgan fingerprint density at radius 1 is 1.12 bits per heavy atom. The molecule has 12 heteroatoms. The van der Waals surface area contributed by atoms with E-state index >= 15 is 0 Å². The van der Waals surface area contributed by atoms with Gasteiger partial charge < -0.3 is 5.32 Å². The number of allylic oxidation sites excluding steroid dienone is 1. The number of halogens is 1. The molecule has 0 spiro atoms. The molecule has 1 amide bonds. The maximum Gasteiger partial charge on any atom is 0.261 e. The molecule has 3 rings (SSSR count). The number of amides is 1. The molecule has 1 aromatic carbocycles. The van der Waals surface area contributed by atoms with Gasteiger partial charge in [-0.05, 0) is 36.5 Å². The number of carbonyl (C=O) groups is 1. The lowest BCUT2D eigenvalue weighted by atomic mass is 9.98. The maximum atomic E-state index is 13.1. The van der Waals surface area contributed by atoms with Crippen LogP contribution in [-0.2, 0) is 24.7 Å². The number of aromatic nitrogens is 2. The van der Waals surface area contributed by atoms with Gasteiger partial charge in [0, 0.05) is 25.9 Å². The highest BCUT2D eigenvalue weighted by Crippen LogP contribution is 2.32. The van der Waals surface area contributed by atoms with Crippen LogP contribution in [0.4, 0.5) is 5.82 Å². The SMILES string of the molecule is CN(C)S(=O)(=O)c1cnc(NC(=O)/C(=C/C2CCCC2)c2ccc(S(C)(=O)=O)c(Cl)c2)cn1. The number of hydrogen-bond acceptors (Lipinski definition) is 7. The average molecular weight is 513 g/mol. The van der Waals surface area contributed by atoms with Gasteiger partial charge in [-0.15, -0.1) is 0 Å². The molecule has 9 nitrogen and oxygen atoms in total. The van der Waals surface area contributed by atoms with Gasteiger partial charge in [-0.25, -0.2) is 31.1 Å².